The molecule has 0 saturated heterocycles. The summed E-state index contributed by atoms with van der Waals surface area (Å²) in [5, 5.41) is 0. The maximum Gasteiger partial charge on any atom is 0.176 e. The Kier molecular flexibility index (Phi) is 11.5. The van der Waals surface area contributed by atoms with Crippen molar-refractivity contribution in [3.8, 4) is 11.5 Å². The number of ether oxygens (including phenoxy) is 6. The lowest BCUT2D eigenvalue weighted by Gasteiger charge is -2.20. The second-order valence-corrected chi connectivity index (χ2v) is 9.85. The van der Waals surface area contributed by atoms with E-state index in [2.05, 4.69) is 41.5 Å². The highest BCUT2D eigenvalue weighted by molar-refractivity contribution is 7.13. The van der Waals surface area contributed by atoms with Crippen LogP contribution in [0.15, 0.2) is 0 Å². The minimum absolute atomic E-state index is 0.0481. The van der Waals surface area contributed by atoms with E-state index >= 15 is 0 Å². The van der Waals surface area contributed by atoms with E-state index in [0.717, 1.165) is 11.5 Å². The Bertz CT molecular complexity index is 523. The van der Waals surface area contributed by atoms with Crippen molar-refractivity contribution in [1.82, 2.24) is 0 Å². The molecule has 0 fully saturated rings. The predicted molar refractivity (Wildman–Crippen MR) is 118 cm³/mol. The molecule has 29 heavy (non-hydrogen) atoms. The number of thiophene rings is 1. The third-order valence-electron chi connectivity index (χ3n) is 4.00. The first kappa shape index (κ1) is 26.2. The van der Waals surface area contributed by atoms with E-state index < -0.39 is 0 Å². The third kappa shape index (κ3) is 9.22. The number of rotatable bonds is 14. The van der Waals surface area contributed by atoms with E-state index in [1.807, 2.05) is 0 Å². The highest BCUT2D eigenvalue weighted by Gasteiger charge is 2.33. The molecule has 1 aromatic rings. The number of hydrogen-bond donors (Lipinski definition) is 0. The van der Waals surface area contributed by atoms with E-state index in [1.54, 1.807) is 25.6 Å². The fraction of sp³-hybridized carbons (Fsp3) is 0.818. The van der Waals surface area contributed by atoms with Crippen LogP contribution in [-0.4, -0.2) is 67.1 Å². The summed E-state index contributed by atoms with van der Waals surface area (Å²) in [6.45, 7) is 17.4. The highest BCUT2D eigenvalue weighted by atomic mass is 32.1. The average Bonchev–Trinajstić information content (AvgIpc) is 3.00. The molecular weight excluding hydrogens is 392 g/mol. The van der Waals surface area contributed by atoms with Crippen LogP contribution in [0.5, 0.6) is 11.5 Å². The summed E-state index contributed by atoms with van der Waals surface area (Å²) < 4.78 is 33.5. The molecule has 0 aliphatic carbocycles. The Labute approximate surface area is 180 Å². The van der Waals surface area contributed by atoms with Crippen molar-refractivity contribution in [2.24, 2.45) is 0 Å². The molecule has 0 aliphatic rings. The van der Waals surface area contributed by atoms with E-state index in [0.29, 0.717) is 52.9 Å². The topological polar surface area (TPSA) is 55.4 Å². The van der Waals surface area contributed by atoms with Crippen LogP contribution in [0.2, 0.25) is 0 Å². The van der Waals surface area contributed by atoms with Crippen LogP contribution in [0, 0.1) is 0 Å². The Hall–Kier alpha value is -0.860. The SMILES string of the molecule is COCCOCCOc1c(C(C)(C)C)sc(C(C)(C)C)c1OCCOCCOC. The van der Waals surface area contributed by atoms with Gasteiger partial charge in [0.25, 0.3) is 0 Å². The van der Waals surface area contributed by atoms with Gasteiger partial charge in [0.15, 0.2) is 11.5 Å². The maximum absolute atomic E-state index is 6.21. The van der Waals surface area contributed by atoms with Crippen molar-refractivity contribution in [1.29, 1.82) is 0 Å². The number of methoxy groups -OCH3 is 2. The van der Waals surface area contributed by atoms with Gasteiger partial charge in [0.1, 0.15) is 13.2 Å². The van der Waals surface area contributed by atoms with Gasteiger partial charge in [-0.3, -0.25) is 0 Å². The first-order valence-corrected chi connectivity index (χ1v) is 11.0. The molecule has 0 N–H and O–H groups in total. The molecule has 0 aliphatic heterocycles. The summed E-state index contributed by atoms with van der Waals surface area (Å²) in [5.74, 6) is 1.67. The van der Waals surface area contributed by atoms with Crippen LogP contribution in [0.1, 0.15) is 51.3 Å². The molecule has 0 atom stereocenters. The second kappa shape index (κ2) is 12.7. The van der Waals surface area contributed by atoms with E-state index in [1.165, 1.54) is 9.75 Å². The minimum Gasteiger partial charge on any atom is -0.486 e. The first-order chi connectivity index (χ1) is 13.6. The molecule has 0 spiro atoms. The first-order valence-electron chi connectivity index (χ1n) is 10.2. The van der Waals surface area contributed by atoms with Crippen molar-refractivity contribution < 1.29 is 28.4 Å². The molecule has 0 aromatic carbocycles. The van der Waals surface area contributed by atoms with Gasteiger partial charge < -0.3 is 28.4 Å². The van der Waals surface area contributed by atoms with Crippen LogP contribution in [0.3, 0.4) is 0 Å². The van der Waals surface area contributed by atoms with Crippen molar-refractivity contribution in [3.63, 3.8) is 0 Å². The van der Waals surface area contributed by atoms with Crippen molar-refractivity contribution in [3.05, 3.63) is 9.75 Å². The summed E-state index contributed by atoms with van der Waals surface area (Å²) in [4.78, 5) is 2.38. The zero-order valence-corrected chi connectivity index (χ0v) is 20.3. The molecule has 7 heteroatoms. The molecule has 0 bridgehead atoms. The normalized spacial score (nSPS) is 12.4. The zero-order chi connectivity index (χ0) is 21.9. The summed E-state index contributed by atoms with van der Waals surface area (Å²) in [6, 6.07) is 0. The Morgan fingerprint density at radius 3 is 1.21 bits per heavy atom. The van der Waals surface area contributed by atoms with Crippen LogP contribution < -0.4 is 9.47 Å². The Morgan fingerprint density at radius 2 is 0.897 bits per heavy atom. The average molecular weight is 433 g/mol. The lowest BCUT2D eigenvalue weighted by atomic mass is 9.91. The summed E-state index contributed by atoms with van der Waals surface area (Å²) >= 11 is 1.77. The molecule has 0 unspecified atom stereocenters. The van der Waals surface area contributed by atoms with Gasteiger partial charge >= 0.3 is 0 Å². The monoisotopic (exact) mass is 432 g/mol. The molecule has 1 rings (SSSR count). The van der Waals surface area contributed by atoms with Gasteiger partial charge in [-0.1, -0.05) is 41.5 Å². The molecule has 0 amide bonds. The van der Waals surface area contributed by atoms with E-state index in [4.69, 9.17) is 28.4 Å². The van der Waals surface area contributed by atoms with Crippen molar-refractivity contribution in [2.75, 3.05) is 67.1 Å². The van der Waals surface area contributed by atoms with Crippen molar-refractivity contribution >= 4 is 11.3 Å². The molecule has 0 saturated carbocycles. The summed E-state index contributed by atoms with van der Waals surface area (Å²) in [5.41, 5.74) is -0.0963. The van der Waals surface area contributed by atoms with Crippen LogP contribution in [0.4, 0.5) is 0 Å². The second-order valence-electron chi connectivity index (χ2n) is 8.83. The fourth-order valence-electron chi connectivity index (χ4n) is 2.54. The molecule has 1 aromatic heterocycles. The van der Waals surface area contributed by atoms with Crippen LogP contribution in [0.25, 0.3) is 0 Å². The maximum atomic E-state index is 6.21. The zero-order valence-electron chi connectivity index (χ0n) is 19.5. The summed E-state index contributed by atoms with van der Waals surface area (Å²) in [7, 11) is 3.33. The lowest BCUT2D eigenvalue weighted by molar-refractivity contribution is 0.0495. The van der Waals surface area contributed by atoms with E-state index in [-0.39, 0.29) is 10.8 Å². The predicted octanol–water partition coefficient (Wildman–Crippen LogP) is 4.43. The van der Waals surface area contributed by atoms with Gasteiger partial charge in [-0.2, -0.15) is 0 Å². The van der Waals surface area contributed by atoms with Gasteiger partial charge in [-0.05, 0) is 0 Å². The molecule has 170 valence electrons. The molecule has 6 nitrogen and oxygen atoms in total. The highest BCUT2D eigenvalue weighted by Crippen LogP contribution is 2.51. The lowest BCUT2D eigenvalue weighted by Crippen LogP contribution is -2.16. The minimum atomic E-state index is -0.0481. The number of hydrogen-bond acceptors (Lipinski definition) is 7. The third-order valence-corrected chi connectivity index (χ3v) is 6.00. The molecular formula is C22H40O6S. The van der Waals surface area contributed by atoms with Gasteiger partial charge in [0.2, 0.25) is 0 Å². The van der Waals surface area contributed by atoms with Gasteiger partial charge in [0.05, 0.1) is 49.4 Å². The molecule has 1 heterocycles. The largest absolute Gasteiger partial charge is 0.486 e. The van der Waals surface area contributed by atoms with E-state index in [9.17, 15) is 0 Å². The van der Waals surface area contributed by atoms with Gasteiger partial charge in [0, 0.05) is 25.0 Å². The Balaban J connectivity index is 2.95. The van der Waals surface area contributed by atoms with Gasteiger partial charge in [-0.25, -0.2) is 0 Å². The standard InChI is InChI=1S/C22H40O6S/c1-21(2,3)19-17(27-15-13-25-11-9-23-7)18(20(29-19)22(4,5)6)28-16-14-26-12-10-24-8/h9-16H2,1-8H3. The Morgan fingerprint density at radius 1 is 0.552 bits per heavy atom. The smallest absolute Gasteiger partial charge is 0.176 e. The molecule has 0 radical (unpaired) electrons. The van der Waals surface area contributed by atoms with Gasteiger partial charge in [-0.15, -0.1) is 11.3 Å². The van der Waals surface area contributed by atoms with Crippen LogP contribution >= 0.6 is 11.3 Å². The quantitative estimate of drug-likeness (QED) is 0.406. The fourth-order valence-corrected chi connectivity index (χ4v) is 3.85. The van der Waals surface area contributed by atoms with Crippen LogP contribution in [-0.2, 0) is 29.8 Å². The summed E-state index contributed by atoms with van der Waals surface area (Å²) in [6.07, 6.45) is 0. The van der Waals surface area contributed by atoms with Crippen molar-refractivity contribution in [2.45, 2.75) is 52.4 Å².